The second-order valence-electron chi connectivity index (χ2n) is 6.29. The summed E-state index contributed by atoms with van der Waals surface area (Å²) in [5.41, 5.74) is 0. The van der Waals surface area contributed by atoms with Crippen LogP contribution in [0.2, 0.25) is 0 Å². The van der Waals surface area contributed by atoms with E-state index in [2.05, 4.69) is 32.7 Å². The number of hydrogen-bond acceptors (Lipinski definition) is 4. The SMILES string of the molecule is CCN(C)CC(OC(=O)C1CC2CCC1O2)C(C)C. The Labute approximate surface area is 116 Å². The highest BCUT2D eigenvalue weighted by Crippen LogP contribution is 2.39. The minimum absolute atomic E-state index is 0.0171. The predicted molar refractivity (Wildman–Crippen MR) is 73.9 cm³/mol. The molecule has 4 heteroatoms. The molecule has 2 fully saturated rings. The van der Waals surface area contributed by atoms with Gasteiger partial charge in [0, 0.05) is 6.54 Å². The Kier molecular flexibility index (Phi) is 4.85. The Morgan fingerprint density at radius 3 is 2.63 bits per heavy atom. The molecule has 0 spiro atoms. The lowest BCUT2D eigenvalue weighted by molar-refractivity contribution is -0.159. The van der Waals surface area contributed by atoms with E-state index in [9.17, 15) is 4.79 Å². The molecule has 0 aromatic carbocycles. The van der Waals surface area contributed by atoms with Gasteiger partial charge in [-0.25, -0.2) is 0 Å². The second kappa shape index (κ2) is 6.23. The van der Waals surface area contributed by atoms with Gasteiger partial charge in [-0.3, -0.25) is 4.79 Å². The molecule has 110 valence electrons. The zero-order chi connectivity index (χ0) is 14.0. The van der Waals surface area contributed by atoms with Crippen LogP contribution in [0.5, 0.6) is 0 Å². The number of carbonyl (C=O) groups excluding carboxylic acids is 1. The molecule has 2 rings (SSSR count). The van der Waals surface area contributed by atoms with Crippen molar-refractivity contribution in [3.8, 4) is 0 Å². The van der Waals surface area contributed by atoms with Crippen molar-refractivity contribution in [1.29, 1.82) is 0 Å². The molecule has 0 aromatic rings. The summed E-state index contributed by atoms with van der Waals surface area (Å²) >= 11 is 0. The van der Waals surface area contributed by atoms with Gasteiger partial charge in [0.1, 0.15) is 6.10 Å². The van der Waals surface area contributed by atoms with Gasteiger partial charge in [-0.15, -0.1) is 0 Å². The molecule has 2 saturated heterocycles. The van der Waals surface area contributed by atoms with E-state index in [0.717, 1.165) is 32.4 Å². The first-order valence-corrected chi connectivity index (χ1v) is 7.55. The molecule has 2 heterocycles. The van der Waals surface area contributed by atoms with Gasteiger partial charge in [-0.05, 0) is 38.8 Å². The van der Waals surface area contributed by atoms with E-state index in [-0.39, 0.29) is 24.1 Å². The van der Waals surface area contributed by atoms with E-state index in [1.54, 1.807) is 0 Å². The van der Waals surface area contributed by atoms with Crippen molar-refractivity contribution in [2.45, 2.75) is 58.3 Å². The van der Waals surface area contributed by atoms with E-state index in [0.29, 0.717) is 12.0 Å². The topological polar surface area (TPSA) is 38.8 Å². The van der Waals surface area contributed by atoms with Gasteiger partial charge in [0.25, 0.3) is 0 Å². The van der Waals surface area contributed by atoms with Crippen LogP contribution in [0.1, 0.15) is 40.0 Å². The monoisotopic (exact) mass is 269 g/mol. The molecule has 4 nitrogen and oxygen atoms in total. The molecular formula is C15H27NO3. The summed E-state index contributed by atoms with van der Waals surface area (Å²) in [6.07, 6.45) is 3.40. The molecule has 0 aromatic heterocycles. The lowest BCUT2D eigenvalue weighted by atomic mass is 9.89. The Balaban J connectivity index is 1.88. The quantitative estimate of drug-likeness (QED) is 0.692. The minimum atomic E-state index is -0.0459. The first-order valence-electron chi connectivity index (χ1n) is 7.55. The lowest BCUT2D eigenvalue weighted by Gasteiger charge is -2.28. The molecule has 4 atom stereocenters. The van der Waals surface area contributed by atoms with Crippen molar-refractivity contribution in [2.75, 3.05) is 20.1 Å². The zero-order valence-electron chi connectivity index (χ0n) is 12.6. The van der Waals surface area contributed by atoms with Crippen molar-refractivity contribution in [3.63, 3.8) is 0 Å². The molecule has 2 aliphatic heterocycles. The molecule has 0 N–H and O–H groups in total. The Morgan fingerprint density at radius 2 is 2.16 bits per heavy atom. The van der Waals surface area contributed by atoms with Gasteiger partial charge >= 0.3 is 5.97 Å². The average molecular weight is 269 g/mol. The van der Waals surface area contributed by atoms with Crippen LogP contribution in [0.15, 0.2) is 0 Å². The summed E-state index contributed by atoms with van der Waals surface area (Å²) in [4.78, 5) is 14.5. The van der Waals surface area contributed by atoms with Crippen LogP contribution in [0.4, 0.5) is 0 Å². The predicted octanol–water partition coefficient (Wildman–Crippen LogP) is 2.07. The van der Waals surface area contributed by atoms with E-state index in [1.165, 1.54) is 0 Å². The van der Waals surface area contributed by atoms with Gasteiger partial charge in [-0.1, -0.05) is 20.8 Å². The van der Waals surface area contributed by atoms with Crippen LogP contribution in [-0.4, -0.2) is 49.3 Å². The largest absolute Gasteiger partial charge is 0.460 e. The highest BCUT2D eigenvalue weighted by atomic mass is 16.6. The maximum absolute atomic E-state index is 12.3. The number of esters is 1. The molecule has 2 aliphatic rings. The van der Waals surface area contributed by atoms with Gasteiger partial charge in [0.15, 0.2) is 0 Å². The second-order valence-corrected chi connectivity index (χ2v) is 6.29. The van der Waals surface area contributed by atoms with Crippen LogP contribution in [0.3, 0.4) is 0 Å². The van der Waals surface area contributed by atoms with E-state index in [4.69, 9.17) is 9.47 Å². The Morgan fingerprint density at radius 1 is 1.42 bits per heavy atom. The standard InChI is InChI=1S/C15H27NO3/c1-5-16(4)9-14(10(2)3)19-15(17)12-8-11-6-7-13(12)18-11/h10-14H,5-9H2,1-4H3. The molecule has 0 radical (unpaired) electrons. The molecular weight excluding hydrogens is 242 g/mol. The third-order valence-electron chi connectivity index (χ3n) is 4.45. The van der Waals surface area contributed by atoms with Crippen LogP contribution < -0.4 is 0 Å². The summed E-state index contributed by atoms with van der Waals surface area (Å²) in [7, 11) is 2.06. The third kappa shape index (κ3) is 3.48. The van der Waals surface area contributed by atoms with Gasteiger partial charge < -0.3 is 14.4 Å². The highest BCUT2D eigenvalue weighted by molar-refractivity contribution is 5.74. The number of fused-ring (bicyclic) bond motifs is 2. The average Bonchev–Trinajstić information content (AvgIpc) is 2.99. The van der Waals surface area contributed by atoms with E-state index >= 15 is 0 Å². The summed E-state index contributed by atoms with van der Waals surface area (Å²) in [5, 5.41) is 0. The van der Waals surface area contributed by atoms with E-state index < -0.39 is 0 Å². The minimum Gasteiger partial charge on any atom is -0.460 e. The Bertz CT molecular complexity index is 319. The van der Waals surface area contributed by atoms with Crippen LogP contribution in [0.25, 0.3) is 0 Å². The maximum atomic E-state index is 12.3. The zero-order valence-corrected chi connectivity index (χ0v) is 12.6. The summed E-state index contributed by atoms with van der Waals surface area (Å²) < 4.78 is 11.5. The number of ether oxygens (including phenoxy) is 2. The number of hydrogen-bond donors (Lipinski definition) is 0. The maximum Gasteiger partial charge on any atom is 0.312 e. The van der Waals surface area contributed by atoms with Gasteiger partial charge in [0.2, 0.25) is 0 Å². The van der Waals surface area contributed by atoms with Gasteiger partial charge in [0.05, 0.1) is 18.1 Å². The number of rotatable bonds is 6. The number of nitrogens with zero attached hydrogens (tertiary/aromatic N) is 1. The molecule has 0 aliphatic carbocycles. The smallest absolute Gasteiger partial charge is 0.312 e. The molecule has 19 heavy (non-hydrogen) atoms. The third-order valence-corrected chi connectivity index (χ3v) is 4.45. The van der Waals surface area contributed by atoms with Crippen molar-refractivity contribution >= 4 is 5.97 Å². The first kappa shape index (κ1) is 14.8. The first-order chi connectivity index (χ1) is 9.01. The highest BCUT2D eigenvalue weighted by Gasteiger charge is 2.45. The Hall–Kier alpha value is -0.610. The molecule has 0 saturated carbocycles. The van der Waals surface area contributed by atoms with Crippen LogP contribution in [0, 0.1) is 11.8 Å². The normalized spacial score (nSPS) is 31.2. The van der Waals surface area contributed by atoms with Crippen molar-refractivity contribution in [2.24, 2.45) is 11.8 Å². The van der Waals surface area contributed by atoms with Gasteiger partial charge in [-0.2, -0.15) is 0 Å². The fraction of sp³-hybridized carbons (Fsp3) is 0.933. The lowest BCUT2D eigenvalue weighted by Crippen LogP contribution is -2.39. The number of likely N-dealkylation sites (N-methyl/N-ethyl adjacent to an activating group) is 1. The molecule has 4 unspecified atom stereocenters. The van der Waals surface area contributed by atoms with Crippen LogP contribution in [-0.2, 0) is 14.3 Å². The van der Waals surface area contributed by atoms with Crippen molar-refractivity contribution in [1.82, 2.24) is 4.90 Å². The summed E-state index contributed by atoms with van der Waals surface area (Å²) in [5.74, 6) is 0.278. The summed E-state index contributed by atoms with van der Waals surface area (Å²) in [6, 6.07) is 0. The van der Waals surface area contributed by atoms with Crippen molar-refractivity contribution in [3.05, 3.63) is 0 Å². The van der Waals surface area contributed by atoms with Crippen LogP contribution >= 0.6 is 0 Å². The molecule has 0 amide bonds. The molecule has 2 bridgehead atoms. The fourth-order valence-corrected chi connectivity index (χ4v) is 2.94. The fourth-order valence-electron chi connectivity index (χ4n) is 2.94. The number of carbonyl (C=O) groups is 1. The van der Waals surface area contributed by atoms with Crippen molar-refractivity contribution < 1.29 is 14.3 Å². The van der Waals surface area contributed by atoms with E-state index in [1.807, 2.05) is 0 Å². The summed E-state index contributed by atoms with van der Waals surface area (Å²) in [6.45, 7) is 8.11.